The molecular formula is C34H35Cl2N5O4. The third-order valence-electron chi connectivity index (χ3n) is 7.30. The lowest BCUT2D eigenvalue weighted by molar-refractivity contribution is 0.190. The number of rotatable bonds is 12. The number of aliphatic hydroxyl groups excluding tert-OH is 2. The molecule has 11 heteroatoms. The molecule has 0 radical (unpaired) electrons. The van der Waals surface area contributed by atoms with E-state index in [0.717, 1.165) is 33.4 Å². The standard InChI is InChI=1S/C34H35Cl2N5O4/c1-20(42)15-37-17-23-10-11-29(40-33(23)45-3)28-9-5-8-27(32(28)36)26-7-4-6-25(31(26)35)22-12-13-41-30(14-22)39-19-24(34(41)44)18-38-16-21(2)43/h4-14,19-21,37-38,42-43H,15-18H2,1-3H3. The van der Waals surface area contributed by atoms with Gasteiger partial charge < -0.3 is 25.6 Å². The normalized spacial score (nSPS) is 12.8. The van der Waals surface area contributed by atoms with Gasteiger partial charge in [0.05, 0.1) is 35.1 Å². The number of ether oxygens (including phenoxy) is 1. The van der Waals surface area contributed by atoms with Crippen molar-refractivity contribution in [1.29, 1.82) is 0 Å². The van der Waals surface area contributed by atoms with E-state index in [1.54, 1.807) is 33.4 Å². The van der Waals surface area contributed by atoms with Crippen LogP contribution >= 0.6 is 23.2 Å². The fourth-order valence-corrected chi connectivity index (χ4v) is 5.73. The fourth-order valence-electron chi connectivity index (χ4n) is 5.06. The van der Waals surface area contributed by atoms with Crippen LogP contribution in [-0.4, -0.2) is 57.0 Å². The number of benzene rings is 2. The van der Waals surface area contributed by atoms with Crippen molar-refractivity contribution in [3.05, 3.63) is 105 Å². The van der Waals surface area contributed by atoms with Gasteiger partial charge in [-0.2, -0.15) is 0 Å². The molecule has 2 unspecified atom stereocenters. The number of nitrogens with one attached hydrogen (secondary N) is 2. The van der Waals surface area contributed by atoms with Crippen molar-refractivity contribution in [3.8, 4) is 39.4 Å². The second-order valence-corrected chi connectivity index (χ2v) is 11.6. The third kappa shape index (κ3) is 7.36. The average Bonchev–Trinajstić information content (AvgIpc) is 3.02. The molecule has 2 atom stereocenters. The Morgan fingerprint density at radius 3 is 2.09 bits per heavy atom. The van der Waals surface area contributed by atoms with E-state index in [1.807, 2.05) is 60.7 Å². The summed E-state index contributed by atoms with van der Waals surface area (Å²) in [4.78, 5) is 22.2. The van der Waals surface area contributed by atoms with Crippen LogP contribution in [0, 0.1) is 0 Å². The van der Waals surface area contributed by atoms with Gasteiger partial charge in [-0.05, 0) is 37.6 Å². The topological polar surface area (TPSA) is 121 Å². The molecule has 3 heterocycles. The van der Waals surface area contributed by atoms with Crippen LogP contribution in [0.2, 0.25) is 10.0 Å². The highest BCUT2D eigenvalue weighted by Gasteiger charge is 2.18. The first kappa shape index (κ1) is 32.6. The van der Waals surface area contributed by atoms with Crippen LogP contribution in [0.15, 0.2) is 77.9 Å². The summed E-state index contributed by atoms with van der Waals surface area (Å²) in [6, 6.07) is 18.9. The molecule has 4 N–H and O–H groups in total. The molecular weight excluding hydrogens is 613 g/mol. The number of pyridine rings is 2. The van der Waals surface area contributed by atoms with Crippen LogP contribution in [0.3, 0.4) is 0 Å². The lowest BCUT2D eigenvalue weighted by Gasteiger charge is -2.15. The van der Waals surface area contributed by atoms with Crippen molar-refractivity contribution in [3.63, 3.8) is 0 Å². The van der Waals surface area contributed by atoms with Crippen molar-refractivity contribution in [2.75, 3.05) is 20.2 Å². The maximum atomic E-state index is 13.0. The van der Waals surface area contributed by atoms with E-state index in [2.05, 4.69) is 15.6 Å². The number of aromatic nitrogens is 3. The van der Waals surface area contributed by atoms with Gasteiger partial charge in [-0.25, -0.2) is 9.97 Å². The number of methoxy groups -OCH3 is 1. The number of nitrogens with zero attached hydrogens (tertiary/aromatic N) is 3. The predicted octanol–water partition coefficient (Wildman–Crippen LogP) is 5.35. The second-order valence-electron chi connectivity index (χ2n) is 10.9. The zero-order valence-corrected chi connectivity index (χ0v) is 26.7. The fraction of sp³-hybridized carbons (Fsp3) is 0.265. The molecule has 0 saturated carbocycles. The van der Waals surface area contributed by atoms with Crippen molar-refractivity contribution in [1.82, 2.24) is 25.0 Å². The van der Waals surface area contributed by atoms with Crippen LogP contribution in [0.1, 0.15) is 25.0 Å². The smallest absolute Gasteiger partial charge is 0.262 e. The number of hydrogen-bond acceptors (Lipinski definition) is 8. The Bertz CT molecular complexity index is 1880. The first-order chi connectivity index (χ1) is 21.7. The maximum Gasteiger partial charge on any atom is 0.262 e. The summed E-state index contributed by atoms with van der Waals surface area (Å²) < 4.78 is 7.05. The van der Waals surface area contributed by atoms with E-state index in [-0.39, 0.29) is 5.56 Å². The minimum atomic E-state index is -0.511. The summed E-state index contributed by atoms with van der Waals surface area (Å²) in [5.74, 6) is 0.472. The van der Waals surface area contributed by atoms with E-state index in [0.29, 0.717) is 59.0 Å². The monoisotopic (exact) mass is 647 g/mol. The quantitative estimate of drug-likeness (QED) is 0.143. The summed E-state index contributed by atoms with van der Waals surface area (Å²) in [7, 11) is 1.57. The molecule has 0 spiro atoms. The molecule has 5 rings (SSSR count). The Hall–Kier alpha value is -3.83. The summed E-state index contributed by atoms with van der Waals surface area (Å²) in [6.45, 7) is 5.04. The van der Waals surface area contributed by atoms with Gasteiger partial charge in [-0.3, -0.25) is 9.20 Å². The van der Waals surface area contributed by atoms with Gasteiger partial charge >= 0.3 is 0 Å². The SMILES string of the molecule is COc1nc(-c2cccc(-c3cccc(-c4ccn5c(=O)c(CNCC(C)O)cnc5c4)c3Cl)c2Cl)ccc1CNCC(C)O. The Kier molecular flexibility index (Phi) is 10.5. The first-order valence-corrected chi connectivity index (χ1v) is 15.3. The summed E-state index contributed by atoms with van der Waals surface area (Å²) in [5, 5.41) is 26.3. The van der Waals surface area contributed by atoms with E-state index < -0.39 is 12.2 Å². The predicted molar refractivity (Wildman–Crippen MR) is 179 cm³/mol. The van der Waals surface area contributed by atoms with Crippen molar-refractivity contribution in [2.24, 2.45) is 0 Å². The molecule has 0 saturated heterocycles. The zero-order valence-electron chi connectivity index (χ0n) is 25.2. The molecule has 234 valence electrons. The number of fused-ring (bicyclic) bond motifs is 1. The molecule has 9 nitrogen and oxygen atoms in total. The van der Waals surface area contributed by atoms with Crippen molar-refractivity contribution < 1.29 is 14.9 Å². The van der Waals surface area contributed by atoms with Gasteiger partial charge in [0.25, 0.3) is 5.56 Å². The highest BCUT2D eigenvalue weighted by molar-refractivity contribution is 6.39. The minimum Gasteiger partial charge on any atom is -0.481 e. The molecule has 0 aliphatic rings. The Balaban J connectivity index is 1.46. The Morgan fingerprint density at radius 1 is 0.844 bits per heavy atom. The van der Waals surface area contributed by atoms with Gasteiger partial charge in [0.1, 0.15) is 5.65 Å². The van der Waals surface area contributed by atoms with Crippen LogP contribution in [0.25, 0.3) is 39.2 Å². The lowest BCUT2D eigenvalue weighted by atomic mass is 9.97. The van der Waals surface area contributed by atoms with Gasteiger partial charge in [0.2, 0.25) is 5.88 Å². The summed E-state index contributed by atoms with van der Waals surface area (Å²) in [6.07, 6.45) is 2.28. The highest BCUT2D eigenvalue weighted by Crippen LogP contribution is 2.42. The molecule has 0 fully saturated rings. The molecule has 0 aliphatic heterocycles. The Labute approximate surface area is 271 Å². The molecule has 45 heavy (non-hydrogen) atoms. The van der Waals surface area contributed by atoms with Crippen molar-refractivity contribution >= 4 is 28.8 Å². The molecule has 3 aromatic heterocycles. The molecule has 2 aromatic carbocycles. The zero-order chi connectivity index (χ0) is 32.1. The number of aliphatic hydroxyl groups is 2. The largest absolute Gasteiger partial charge is 0.481 e. The number of hydrogen-bond donors (Lipinski definition) is 4. The lowest BCUT2D eigenvalue weighted by Crippen LogP contribution is -2.28. The maximum absolute atomic E-state index is 13.0. The Morgan fingerprint density at radius 2 is 1.44 bits per heavy atom. The van der Waals surface area contributed by atoms with Crippen molar-refractivity contribution in [2.45, 2.75) is 39.1 Å². The van der Waals surface area contributed by atoms with E-state index in [4.69, 9.17) is 32.9 Å². The second kappa shape index (κ2) is 14.5. The van der Waals surface area contributed by atoms with Crippen LogP contribution in [0.5, 0.6) is 5.88 Å². The molecule has 0 amide bonds. The van der Waals surface area contributed by atoms with Gasteiger partial charge in [-0.15, -0.1) is 0 Å². The number of halogens is 2. The molecule has 0 aliphatic carbocycles. The molecule has 5 aromatic rings. The van der Waals surface area contributed by atoms with E-state index in [1.165, 1.54) is 4.40 Å². The van der Waals surface area contributed by atoms with Crippen LogP contribution in [0.4, 0.5) is 0 Å². The summed E-state index contributed by atoms with van der Waals surface area (Å²) in [5.41, 5.74) is 6.11. The van der Waals surface area contributed by atoms with E-state index in [9.17, 15) is 15.0 Å². The van der Waals surface area contributed by atoms with Gasteiger partial charge in [0.15, 0.2) is 0 Å². The average molecular weight is 649 g/mol. The van der Waals surface area contributed by atoms with Gasteiger partial charge in [-0.1, -0.05) is 65.7 Å². The van der Waals surface area contributed by atoms with Gasteiger partial charge in [0, 0.05) is 72.0 Å². The summed E-state index contributed by atoms with van der Waals surface area (Å²) >= 11 is 14.1. The molecule has 0 bridgehead atoms. The van der Waals surface area contributed by atoms with Crippen LogP contribution in [-0.2, 0) is 13.1 Å². The third-order valence-corrected chi connectivity index (χ3v) is 8.11. The van der Waals surface area contributed by atoms with E-state index >= 15 is 0 Å². The highest BCUT2D eigenvalue weighted by atomic mass is 35.5. The minimum absolute atomic E-state index is 0.178. The first-order valence-electron chi connectivity index (χ1n) is 14.6. The van der Waals surface area contributed by atoms with Crippen LogP contribution < -0.4 is 20.9 Å².